The maximum Gasteiger partial charge on any atom is 0.255 e. The quantitative estimate of drug-likeness (QED) is 0.459. The normalized spacial score (nSPS) is 14.9. The Labute approximate surface area is 212 Å². The Morgan fingerprint density at radius 2 is 1.97 bits per heavy atom. The summed E-state index contributed by atoms with van der Waals surface area (Å²) in [5.74, 6) is 1.20. The molecule has 0 bridgehead atoms. The Hall–Kier alpha value is -3.68. The van der Waals surface area contributed by atoms with Crippen molar-refractivity contribution in [3.05, 3.63) is 77.9 Å². The number of likely N-dealkylation sites (N-methyl/N-ethyl adjacent to an activating group) is 1. The largest absolute Gasteiger partial charge is 0.497 e. The summed E-state index contributed by atoms with van der Waals surface area (Å²) in [4.78, 5) is 34.1. The van der Waals surface area contributed by atoms with Gasteiger partial charge in [-0.1, -0.05) is 12.1 Å². The van der Waals surface area contributed by atoms with Gasteiger partial charge in [-0.2, -0.15) is 5.10 Å². The molecular weight excluding hydrogens is 454 g/mol. The SMILES string of the molecule is COc1cccc(C[C@H](C2CCN(C(=O)CCn3ccc(C)n3)CC2)N(C)C(=O)c2cccnc2)c1. The molecule has 190 valence electrons. The molecule has 0 aliphatic carbocycles. The van der Waals surface area contributed by atoms with E-state index in [0.29, 0.717) is 31.6 Å². The molecule has 1 atom stereocenters. The number of rotatable bonds is 9. The average Bonchev–Trinajstić information content (AvgIpc) is 3.35. The number of aromatic nitrogens is 3. The zero-order valence-corrected chi connectivity index (χ0v) is 21.3. The van der Waals surface area contributed by atoms with Crippen LogP contribution < -0.4 is 4.74 Å². The summed E-state index contributed by atoms with van der Waals surface area (Å²) in [5.41, 5.74) is 2.66. The zero-order chi connectivity index (χ0) is 25.5. The second-order valence-electron chi connectivity index (χ2n) is 9.47. The van der Waals surface area contributed by atoms with Crippen LogP contribution in [0.2, 0.25) is 0 Å². The van der Waals surface area contributed by atoms with Gasteiger partial charge in [-0.05, 0) is 68.0 Å². The number of hydrogen-bond donors (Lipinski definition) is 0. The van der Waals surface area contributed by atoms with Crippen LogP contribution in [0.5, 0.6) is 5.75 Å². The van der Waals surface area contributed by atoms with Gasteiger partial charge in [0.25, 0.3) is 5.91 Å². The molecule has 1 aromatic carbocycles. The predicted molar refractivity (Wildman–Crippen MR) is 138 cm³/mol. The lowest BCUT2D eigenvalue weighted by molar-refractivity contribution is -0.133. The Morgan fingerprint density at radius 1 is 1.17 bits per heavy atom. The number of benzene rings is 1. The van der Waals surface area contributed by atoms with E-state index in [2.05, 4.69) is 16.1 Å². The van der Waals surface area contributed by atoms with Crippen molar-refractivity contribution in [2.45, 2.75) is 45.2 Å². The molecule has 1 aliphatic heterocycles. The summed E-state index contributed by atoms with van der Waals surface area (Å²) >= 11 is 0. The molecule has 1 aliphatic rings. The highest BCUT2D eigenvalue weighted by molar-refractivity contribution is 5.94. The fourth-order valence-corrected chi connectivity index (χ4v) is 4.99. The van der Waals surface area contributed by atoms with Crippen LogP contribution in [-0.4, -0.2) is 69.7 Å². The van der Waals surface area contributed by atoms with E-state index in [-0.39, 0.29) is 23.8 Å². The molecule has 0 N–H and O–H groups in total. The lowest BCUT2D eigenvalue weighted by Gasteiger charge is -2.40. The number of piperidine rings is 1. The molecule has 8 nitrogen and oxygen atoms in total. The molecule has 3 aromatic rings. The average molecular weight is 490 g/mol. The summed E-state index contributed by atoms with van der Waals surface area (Å²) in [6, 6.07) is 13.5. The minimum absolute atomic E-state index is 0.00545. The van der Waals surface area contributed by atoms with E-state index in [9.17, 15) is 9.59 Å². The van der Waals surface area contributed by atoms with Gasteiger partial charge in [-0.25, -0.2) is 0 Å². The van der Waals surface area contributed by atoms with Crippen LogP contribution in [0.25, 0.3) is 0 Å². The fraction of sp³-hybridized carbons (Fsp3) is 0.429. The maximum atomic E-state index is 13.3. The van der Waals surface area contributed by atoms with Crippen molar-refractivity contribution in [2.24, 2.45) is 5.92 Å². The van der Waals surface area contributed by atoms with E-state index in [0.717, 1.165) is 36.3 Å². The maximum absolute atomic E-state index is 13.3. The molecule has 0 saturated carbocycles. The van der Waals surface area contributed by atoms with E-state index in [4.69, 9.17) is 4.74 Å². The summed E-state index contributed by atoms with van der Waals surface area (Å²) < 4.78 is 7.24. The third-order valence-electron chi connectivity index (χ3n) is 7.07. The van der Waals surface area contributed by atoms with Crippen LogP contribution in [0.3, 0.4) is 0 Å². The van der Waals surface area contributed by atoms with E-state index < -0.39 is 0 Å². The molecule has 4 rings (SSSR count). The smallest absolute Gasteiger partial charge is 0.255 e. The Morgan fingerprint density at radius 3 is 2.64 bits per heavy atom. The first-order valence-corrected chi connectivity index (χ1v) is 12.5. The highest BCUT2D eigenvalue weighted by atomic mass is 16.5. The Bertz CT molecular complexity index is 1150. The predicted octanol–water partition coefficient (Wildman–Crippen LogP) is 3.61. The lowest BCUT2D eigenvalue weighted by atomic mass is 9.84. The van der Waals surface area contributed by atoms with Crippen molar-refractivity contribution < 1.29 is 14.3 Å². The molecule has 3 heterocycles. The molecule has 8 heteroatoms. The third-order valence-corrected chi connectivity index (χ3v) is 7.07. The number of pyridine rings is 1. The van der Waals surface area contributed by atoms with Gasteiger partial charge in [0, 0.05) is 57.7 Å². The Balaban J connectivity index is 1.43. The Kier molecular flexibility index (Phi) is 8.36. The van der Waals surface area contributed by atoms with Gasteiger partial charge < -0.3 is 14.5 Å². The number of hydrogen-bond acceptors (Lipinski definition) is 5. The standard InChI is InChI=1S/C28H35N5O3/c1-21-9-16-33(30-21)17-12-27(34)32-14-10-23(11-15-32)26(19-22-6-4-8-25(18-22)36-3)31(2)28(35)24-7-5-13-29-20-24/h4-9,13,16,18,20,23,26H,10-12,14-15,17,19H2,1-3H3/t26-/m1/s1. The number of likely N-dealkylation sites (tertiary alicyclic amines) is 1. The number of amides is 2. The number of nitrogens with zero attached hydrogens (tertiary/aromatic N) is 5. The summed E-state index contributed by atoms with van der Waals surface area (Å²) in [6.45, 7) is 3.94. The van der Waals surface area contributed by atoms with Crippen LogP contribution in [0.1, 0.15) is 40.9 Å². The first kappa shape index (κ1) is 25.4. The van der Waals surface area contributed by atoms with Gasteiger partial charge in [-0.15, -0.1) is 0 Å². The molecule has 0 radical (unpaired) electrons. The molecule has 0 spiro atoms. The van der Waals surface area contributed by atoms with E-state index in [1.54, 1.807) is 31.6 Å². The van der Waals surface area contributed by atoms with Gasteiger partial charge in [0.15, 0.2) is 0 Å². The number of ether oxygens (including phenoxy) is 1. The minimum atomic E-state index is -0.0379. The second-order valence-corrected chi connectivity index (χ2v) is 9.47. The monoisotopic (exact) mass is 489 g/mol. The number of aryl methyl sites for hydroxylation is 2. The van der Waals surface area contributed by atoms with Crippen LogP contribution in [0, 0.1) is 12.8 Å². The number of methoxy groups -OCH3 is 1. The zero-order valence-electron chi connectivity index (χ0n) is 21.3. The molecule has 1 saturated heterocycles. The fourth-order valence-electron chi connectivity index (χ4n) is 4.99. The van der Waals surface area contributed by atoms with Crippen molar-refractivity contribution in [1.29, 1.82) is 0 Å². The van der Waals surface area contributed by atoms with E-state index in [1.807, 2.05) is 58.9 Å². The minimum Gasteiger partial charge on any atom is -0.497 e. The first-order valence-electron chi connectivity index (χ1n) is 12.5. The van der Waals surface area contributed by atoms with E-state index >= 15 is 0 Å². The van der Waals surface area contributed by atoms with Crippen molar-refractivity contribution in [3.8, 4) is 5.75 Å². The van der Waals surface area contributed by atoms with E-state index in [1.165, 1.54) is 0 Å². The van der Waals surface area contributed by atoms with Gasteiger partial charge in [0.2, 0.25) is 5.91 Å². The van der Waals surface area contributed by atoms with Gasteiger partial charge in [0.05, 0.1) is 18.4 Å². The van der Waals surface area contributed by atoms with Crippen LogP contribution in [0.4, 0.5) is 0 Å². The number of carbonyl (C=O) groups excluding carboxylic acids is 2. The van der Waals surface area contributed by atoms with Gasteiger partial charge in [0.1, 0.15) is 5.75 Å². The third kappa shape index (κ3) is 6.30. The molecule has 36 heavy (non-hydrogen) atoms. The molecule has 2 amide bonds. The molecule has 0 unspecified atom stereocenters. The van der Waals surface area contributed by atoms with Crippen molar-refractivity contribution in [3.63, 3.8) is 0 Å². The summed E-state index contributed by atoms with van der Waals surface area (Å²) in [7, 11) is 3.54. The highest BCUT2D eigenvalue weighted by Gasteiger charge is 2.33. The molecule has 2 aromatic heterocycles. The van der Waals surface area contributed by atoms with Crippen LogP contribution in [0.15, 0.2) is 61.1 Å². The number of carbonyl (C=O) groups is 2. The molecule has 1 fully saturated rings. The van der Waals surface area contributed by atoms with Gasteiger partial charge in [-0.3, -0.25) is 19.3 Å². The van der Waals surface area contributed by atoms with Crippen molar-refractivity contribution in [1.82, 2.24) is 24.6 Å². The van der Waals surface area contributed by atoms with Gasteiger partial charge >= 0.3 is 0 Å². The topological polar surface area (TPSA) is 80.6 Å². The van der Waals surface area contributed by atoms with Crippen molar-refractivity contribution >= 4 is 11.8 Å². The lowest BCUT2D eigenvalue weighted by Crippen LogP contribution is -2.48. The summed E-state index contributed by atoms with van der Waals surface area (Å²) in [6.07, 6.45) is 8.06. The van der Waals surface area contributed by atoms with Crippen molar-refractivity contribution in [2.75, 3.05) is 27.2 Å². The second kappa shape index (κ2) is 11.8. The first-order chi connectivity index (χ1) is 17.4. The molecular formula is C28H35N5O3. The van der Waals surface area contributed by atoms with Crippen LogP contribution >= 0.6 is 0 Å². The summed E-state index contributed by atoms with van der Waals surface area (Å²) in [5, 5.41) is 4.37. The van der Waals surface area contributed by atoms with Crippen LogP contribution in [-0.2, 0) is 17.8 Å². The highest BCUT2D eigenvalue weighted by Crippen LogP contribution is 2.28.